The minimum Gasteiger partial charge on any atom is -0.462 e. The Morgan fingerprint density at radius 3 is 2.74 bits per heavy atom. The van der Waals surface area contributed by atoms with Crippen LogP contribution in [0.2, 0.25) is 0 Å². The molecule has 2 heterocycles. The Kier molecular flexibility index (Phi) is 4.55. The van der Waals surface area contributed by atoms with Gasteiger partial charge in [0, 0.05) is 6.07 Å². The molecule has 0 saturated carbocycles. The summed E-state index contributed by atoms with van der Waals surface area (Å²) in [6.45, 7) is 1.64. The number of esters is 1. The third-order valence-electron chi connectivity index (χ3n) is 2.57. The quantitative estimate of drug-likeness (QED) is 0.441. The lowest BCUT2D eigenvalue weighted by atomic mass is 10.4. The van der Waals surface area contributed by atoms with Crippen molar-refractivity contribution in [3.63, 3.8) is 0 Å². The van der Waals surface area contributed by atoms with E-state index >= 15 is 0 Å². The van der Waals surface area contributed by atoms with Gasteiger partial charge in [0.2, 0.25) is 0 Å². The van der Waals surface area contributed by atoms with Crippen LogP contribution in [0.25, 0.3) is 0 Å². The third kappa shape index (κ3) is 3.60. The molecule has 2 aromatic heterocycles. The summed E-state index contributed by atoms with van der Waals surface area (Å²) in [5, 5.41) is 15.8. The topological polar surface area (TPSA) is 157 Å². The fourth-order valence-electron chi connectivity index (χ4n) is 1.58. The number of hydrogen-bond donors (Lipinski definition) is 2. The van der Waals surface area contributed by atoms with Gasteiger partial charge in [-0.2, -0.15) is 13.5 Å². The smallest absolute Gasteiger partial charge is 0.342 e. The van der Waals surface area contributed by atoms with E-state index in [0.717, 1.165) is 24.5 Å². The molecule has 0 spiro atoms. The summed E-state index contributed by atoms with van der Waals surface area (Å²) in [6.07, 6.45) is 1.92. The Labute approximate surface area is 129 Å². The van der Waals surface area contributed by atoms with E-state index in [2.05, 4.69) is 19.9 Å². The number of nitrogens with one attached hydrogen (secondary N) is 2. The Morgan fingerprint density at radius 1 is 1.43 bits per heavy atom. The molecule has 0 amide bonds. The summed E-state index contributed by atoms with van der Waals surface area (Å²) in [5.74, 6) is -1.00. The largest absolute Gasteiger partial charge is 0.462 e. The van der Waals surface area contributed by atoms with Crippen LogP contribution >= 0.6 is 0 Å². The molecule has 0 aliphatic heterocycles. The van der Waals surface area contributed by atoms with E-state index in [9.17, 15) is 23.3 Å². The van der Waals surface area contributed by atoms with Gasteiger partial charge in [-0.3, -0.25) is 19.9 Å². The van der Waals surface area contributed by atoms with Gasteiger partial charge in [-0.25, -0.2) is 9.78 Å². The van der Waals surface area contributed by atoms with Crippen molar-refractivity contribution < 1.29 is 22.9 Å². The lowest BCUT2D eigenvalue weighted by Gasteiger charge is -2.07. The number of nitrogens with zero attached hydrogens (tertiary/aromatic N) is 3. The normalized spacial score (nSPS) is 11.0. The number of aromatic nitrogens is 3. The number of nitro groups is 1. The molecule has 0 unspecified atom stereocenters. The number of carbonyl (C=O) groups is 1. The van der Waals surface area contributed by atoms with Gasteiger partial charge in [0.15, 0.2) is 5.03 Å². The summed E-state index contributed by atoms with van der Waals surface area (Å²) in [6, 6.07) is 2.21. The van der Waals surface area contributed by atoms with Crippen LogP contribution < -0.4 is 4.72 Å². The molecule has 0 fully saturated rings. The predicted molar refractivity (Wildman–Crippen MR) is 76.2 cm³/mol. The first kappa shape index (κ1) is 16.4. The van der Waals surface area contributed by atoms with Crippen LogP contribution in [0.1, 0.15) is 17.3 Å². The van der Waals surface area contributed by atoms with Gasteiger partial charge in [-0.15, -0.1) is 0 Å². The number of ether oxygens (including phenoxy) is 1. The molecule has 2 N–H and O–H groups in total. The van der Waals surface area contributed by atoms with Crippen molar-refractivity contribution in [2.75, 3.05) is 11.3 Å². The number of pyridine rings is 1. The maximum absolute atomic E-state index is 12.2. The molecule has 122 valence electrons. The zero-order chi connectivity index (χ0) is 17.0. The van der Waals surface area contributed by atoms with Crippen molar-refractivity contribution >= 4 is 27.5 Å². The summed E-state index contributed by atoms with van der Waals surface area (Å²) in [7, 11) is -4.20. The number of aromatic amines is 1. The molecule has 12 heteroatoms. The van der Waals surface area contributed by atoms with Gasteiger partial charge >= 0.3 is 5.97 Å². The number of H-pyrrole nitrogens is 1. The zero-order valence-corrected chi connectivity index (χ0v) is 12.5. The van der Waals surface area contributed by atoms with E-state index in [1.807, 2.05) is 0 Å². The van der Waals surface area contributed by atoms with Crippen LogP contribution in [0.5, 0.6) is 0 Å². The van der Waals surface area contributed by atoms with Gasteiger partial charge in [0.1, 0.15) is 17.6 Å². The van der Waals surface area contributed by atoms with Gasteiger partial charge in [-0.05, 0) is 13.0 Å². The molecule has 0 bridgehead atoms. The maximum Gasteiger partial charge on any atom is 0.342 e. The second-order valence-corrected chi connectivity index (χ2v) is 5.72. The highest BCUT2D eigenvalue weighted by Gasteiger charge is 2.26. The van der Waals surface area contributed by atoms with E-state index in [0.29, 0.717) is 0 Å². The number of anilines is 1. The van der Waals surface area contributed by atoms with Crippen LogP contribution in [-0.4, -0.2) is 41.1 Å². The van der Waals surface area contributed by atoms with E-state index in [1.54, 1.807) is 6.92 Å². The molecule has 0 aliphatic carbocycles. The fraction of sp³-hybridized carbons (Fsp3) is 0.182. The first-order valence-corrected chi connectivity index (χ1v) is 7.67. The molecule has 2 rings (SSSR count). The number of hydrogen-bond acceptors (Lipinski definition) is 8. The Hall–Kier alpha value is -3.02. The fourth-order valence-corrected chi connectivity index (χ4v) is 2.67. The highest BCUT2D eigenvalue weighted by atomic mass is 32.2. The van der Waals surface area contributed by atoms with Crippen molar-refractivity contribution in [1.82, 2.24) is 15.2 Å². The van der Waals surface area contributed by atoms with Gasteiger partial charge < -0.3 is 4.74 Å². The summed E-state index contributed by atoms with van der Waals surface area (Å²) >= 11 is 0. The predicted octanol–water partition coefficient (Wildman–Crippen LogP) is 0.690. The SMILES string of the molecule is CCOC(=O)c1cn[nH]c1S(=O)(=O)Nc1ccc([N+](=O)[O-])cn1. The van der Waals surface area contributed by atoms with E-state index < -0.39 is 25.9 Å². The average molecular weight is 341 g/mol. The van der Waals surface area contributed by atoms with Crippen LogP contribution in [-0.2, 0) is 14.8 Å². The molecule has 0 atom stereocenters. The second-order valence-electron chi connectivity index (χ2n) is 4.10. The van der Waals surface area contributed by atoms with Crippen LogP contribution in [0, 0.1) is 10.1 Å². The summed E-state index contributed by atoms with van der Waals surface area (Å²) in [5.41, 5.74) is -0.553. The van der Waals surface area contributed by atoms with E-state index in [4.69, 9.17) is 4.74 Å². The van der Waals surface area contributed by atoms with E-state index in [1.165, 1.54) is 0 Å². The van der Waals surface area contributed by atoms with E-state index in [-0.39, 0.29) is 23.7 Å². The Morgan fingerprint density at radius 2 is 2.17 bits per heavy atom. The van der Waals surface area contributed by atoms with Crippen molar-refractivity contribution in [3.8, 4) is 0 Å². The van der Waals surface area contributed by atoms with Crippen LogP contribution in [0.15, 0.2) is 29.6 Å². The lowest BCUT2D eigenvalue weighted by molar-refractivity contribution is -0.385. The molecule has 0 aliphatic rings. The number of rotatable bonds is 6. The first-order valence-electron chi connectivity index (χ1n) is 6.19. The van der Waals surface area contributed by atoms with Crippen molar-refractivity contribution in [2.24, 2.45) is 0 Å². The maximum atomic E-state index is 12.2. The minimum absolute atomic E-state index is 0.0703. The summed E-state index contributed by atoms with van der Waals surface area (Å²) in [4.78, 5) is 25.2. The molecule has 0 aromatic carbocycles. The first-order chi connectivity index (χ1) is 10.8. The molecule has 0 radical (unpaired) electrons. The molecular formula is C11H11N5O6S. The Bertz CT molecular complexity index is 829. The molecular weight excluding hydrogens is 330 g/mol. The molecule has 11 nitrogen and oxygen atoms in total. The lowest BCUT2D eigenvalue weighted by Crippen LogP contribution is -2.18. The average Bonchev–Trinajstić information content (AvgIpc) is 2.98. The summed E-state index contributed by atoms with van der Waals surface area (Å²) < 4.78 is 31.3. The molecule has 2 aromatic rings. The number of carbonyl (C=O) groups excluding carboxylic acids is 1. The Balaban J connectivity index is 2.27. The second kappa shape index (κ2) is 6.39. The van der Waals surface area contributed by atoms with Crippen LogP contribution in [0.4, 0.5) is 11.5 Å². The minimum atomic E-state index is -4.20. The van der Waals surface area contributed by atoms with Gasteiger partial charge in [-0.1, -0.05) is 0 Å². The monoisotopic (exact) mass is 341 g/mol. The van der Waals surface area contributed by atoms with Crippen molar-refractivity contribution in [1.29, 1.82) is 0 Å². The number of sulfonamides is 1. The third-order valence-corrected chi connectivity index (χ3v) is 3.89. The molecule has 0 saturated heterocycles. The van der Waals surface area contributed by atoms with Crippen molar-refractivity contribution in [2.45, 2.75) is 11.9 Å². The molecule has 23 heavy (non-hydrogen) atoms. The highest BCUT2D eigenvalue weighted by molar-refractivity contribution is 7.92. The highest BCUT2D eigenvalue weighted by Crippen LogP contribution is 2.18. The van der Waals surface area contributed by atoms with Gasteiger partial charge in [0.05, 0.1) is 17.7 Å². The zero-order valence-electron chi connectivity index (χ0n) is 11.7. The standard InChI is InChI=1S/C11H11N5O6S/c1-2-22-11(17)8-6-13-14-10(8)23(20,21)15-9-4-3-7(5-12-9)16(18)19/h3-6H,2H2,1H3,(H,12,15)(H,13,14). The van der Waals surface area contributed by atoms with Crippen LogP contribution in [0.3, 0.4) is 0 Å². The van der Waals surface area contributed by atoms with Gasteiger partial charge in [0.25, 0.3) is 15.7 Å². The van der Waals surface area contributed by atoms with Crippen molar-refractivity contribution in [3.05, 3.63) is 40.2 Å².